The van der Waals surface area contributed by atoms with Gasteiger partial charge in [-0.25, -0.2) is 14.8 Å². The van der Waals surface area contributed by atoms with Crippen molar-refractivity contribution in [2.24, 2.45) is 14.1 Å². The van der Waals surface area contributed by atoms with Crippen molar-refractivity contribution in [1.82, 2.24) is 19.1 Å². The number of nitrogens with zero attached hydrogens (tertiary/aromatic N) is 4. The Morgan fingerprint density at radius 1 is 1.19 bits per heavy atom. The van der Waals surface area contributed by atoms with Crippen molar-refractivity contribution >= 4 is 34.4 Å². The number of benzene rings is 1. The maximum atomic E-state index is 12.7. The molecule has 3 aromatic rings. The molecule has 0 saturated carbocycles. The Bertz CT molecular complexity index is 1110. The van der Waals surface area contributed by atoms with Crippen LogP contribution in [0.2, 0.25) is 5.02 Å². The topological polar surface area (TPSA) is 69.8 Å². The van der Waals surface area contributed by atoms with Crippen LogP contribution in [0.1, 0.15) is 20.3 Å². The van der Waals surface area contributed by atoms with Gasteiger partial charge in [0.25, 0.3) is 5.56 Å². The van der Waals surface area contributed by atoms with E-state index >= 15 is 0 Å². The molecule has 1 aromatic carbocycles. The van der Waals surface area contributed by atoms with Gasteiger partial charge in [0.2, 0.25) is 0 Å². The second kappa shape index (κ2) is 7.25. The maximum absolute atomic E-state index is 12.7. The van der Waals surface area contributed by atoms with Gasteiger partial charge in [0.05, 0.1) is 0 Å². The molecule has 136 valence electrons. The molecule has 0 N–H and O–H groups in total. The van der Waals surface area contributed by atoms with Crippen LogP contribution in [0, 0.1) is 0 Å². The minimum atomic E-state index is -0.419. The van der Waals surface area contributed by atoms with Crippen molar-refractivity contribution in [2.45, 2.75) is 30.5 Å². The van der Waals surface area contributed by atoms with Crippen LogP contribution in [0.15, 0.2) is 38.9 Å². The highest BCUT2D eigenvalue weighted by molar-refractivity contribution is 8.00. The minimum Gasteiger partial charge on any atom is -0.280 e. The number of aromatic nitrogens is 4. The first-order chi connectivity index (χ1) is 12.3. The van der Waals surface area contributed by atoms with Crippen LogP contribution in [-0.2, 0) is 14.1 Å². The van der Waals surface area contributed by atoms with Crippen LogP contribution in [-0.4, -0.2) is 24.4 Å². The molecule has 1 atom stereocenters. The van der Waals surface area contributed by atoms with E-state index in [1.54, 1.807) is 19.2 Å². The van der Waals surface area contributed by atoms with Crippen molar-refractivity contribution in [1.29, 1.82) is 0 Å². The number of hydrogen-bond donors (Lipinski definition) is 0. The van der Waals surface area contributed by atoms with Gasteiger partial charge in [-0.3, -0.25) is 13.9 Å². The number of rotatable bonds is 4. The standard InChI is InChI=1S/C18H19ClN4O2S/c1-5-10(2)26-16-13-15(22(3)18(25)23(4)17(13)24)20-14(21-16)11-7-6-8-12(19)9-11/h6-10H,5H2,1-4H3/t10-/m0/s1. The summed E-state index contributed by atoms with van der Waals surface area (Å²) in [7, 11) is 3.07. The highest BCUT2D eigenvalue weighted by atomic mass is 35.5. The summed E-state index contributed by atoms with van der Waals surface area (Å²) in [6.45, 7) is 4.15. The monoisotopic (exact) mass is 390 g/mol. The molecule has 0 radical (unpaired) electrons. The molecule has 0 bridgehead atoms. The SMILES string of the molecule is CC[C@H](C)Sc1nc(-c2cccc(Cl)c2)nc2c1c(=O)n(C)c(=O)n2C. The van der Waals surface area contributed by atoms with Crippen LogP contribution in [0.3, 0.4) is 0 Å². The van der Waals surface area contributed by atoms with Crippen molar-refractivity contribution in [3.63, 3.8) is 0 Å². The lowest BCUT2D eigenvalue weighted by Crippen LogP contribution is -2.37. The average molecular weight is 391 g/mol. The van der Waals surface area contributed by atoms with E-state index in [-0.39, 0.29) is 10.8 Å². The van der Waals surface area contributed by atoms with Crippen molar-refractivity contribution in [3.8, 4) is 11.4 Å². The highest BCUT2D eigenvalue weighted by Crippen LogP contribution is 2.30. The molecular weight excluding hydrogens is 372 g/mol. The molecule has 8 heteroatoms. The molecule has 0 saturated heterocycles. The Morgan fingerprint density at radius 2 is 1.92 bits per heavy atom. The van der Waals surface area contributed by atoms with Gasteiger partial charge in [-0.2, -0.15) is 0 Å². The van der Waals surface area contributed by atoms with Crippen LogP contribution >= 0.6 is 23.4 Å². The lowest BCUT2D eigenvalue weighted by Gasteiger charge is -2.14. The number of thioether (sulfide) groups is 1. The van der Waals surface area contributed by atoms with E-state index in [0.29, 0.717) is 26.9 Å². The smallest absolute Gasteiger partial charge is 0.280 e. The first kappa shape index (κ1) is 18.7. The second-order valence-electron chi connectivity index (χ2n) is 6.10. The third kappa shape index (κ3) is 3.29. The largest absolute Gasteiger partial charge is 0.332 e. The zero-order chi connectivity index (χ0) is 19.0. The fourth-order valence-corrected chi connectivity index (χ4v) is 3.72. The van der Waals surface area contributed by atoms with Gasteiger partial charge in [0.15, 0.2) is 11.5 Å². The van der Waals surface area contributed by atoms with Crippen LogP contribution in [0.25, 0.3) is 22.4 Å². The first-order valence-corrected chi connectivity index (χ1v) is 9.49. The fourth-order valence-electron chi connectivity index (χ4n) is 2.54. The molecule has 0 aliphatic carbocycles. The van der Waals surface area contributed by atoms with E-state index in [2.05, 4.69) is 23.8 Å². The summed E-state index contributed by atoms with van der Waals surface area (Å²) in [4.78, 5) is 34.2. The highest BCUT2D eigenvalue weighted by Gasteiger charge is 2.19. The van der Waals surface area contributed by atoms with Gasteiger partial charge in [0.1, 0.15) is 10.4 Å². The summed E-state index contributed by atoms with van der Waals surface area (Å²) in [5.74, 6) is 0.439. The zero-order valence-corrected chi connectivity index (χ0v) is 16.6. The van der Waals surface area contributed by atoms with E-state index in [4.69, 9.17) is 11.6 Å². The third-order valence-electron chi connectivity index (χ3n) is 4.24. The zero-order valence-electron chi connectivity index (χ0n) is 15.0. The molecule has 0 aliphatic rings. The summed E-state index contributed by atoms with van der Waals surface area (Å²) < 4.78 is 2.47. The summed E-state index contributed by atoms with van der Waals surface area (Å²) in [5, 5.41) is 1.78. The summed E-state index contributed by atoms with van der Waals surface area (Å²) in [6.07, 6.45) is 0.925. The van der Waals surface area contributed by atoms with Crippen LogP contribution in [0.4, 0.5) is 0 Å². The van der Waals surface area contributed by atoms with E-state index < -0.39 is 5.69 Å². The maximum Gasteiger partial charge on any atom is 0.332 e. The lowest BCUT2D eigenvalue weighted by atomic mass is 10.2. The minimum absolute atomic E-state index is 0.266. The van der Waals surface area contributed by atoms with E-state index in [9.17, 15) is 9.59 Å². The van der Waals surface area contributed by atoms with Crippen LogP contribution < -0.4 is 11.2 Å². The molecule has 0 unspecified atom stereocenters. The van der Waals surface area contributed by atoms with Gasteiger partial charge >= 0.3 is 5.69 Å². The van der Waals surface area contributed by atoms with Crippen molar-refractivity contribution < 1.29 is 0 Å². The quantitative estimate of drug-likeness (QED) is 0.505. The predicted octanol–water partition coefficient (Wildman–Crippen LogP) is 3.24. The lowest BCUT2D eigenvalue weighted by molar-refractivity contribution is 0.703. The van der Waals surface area contributed by atoms with E-state index in [0.717, 1.165) is 16.6 Å². The Kier molecular flexibility index (Phi) is 5.20. The average Bonchev–Trinajstić information content (AvgIpc) is 2.63. The Morgan fingerprint density at radius 3 is 2.58 bits per heavy atom. The van der Waals surface area contributed by atoms with Gasteiger partial charge in [-0.15, -0.1) is 11.8 Å². The molecule has 0 fully saturated rings. The molecule has 26 heavy (non-hydrogen) atoms. The summed E-state index contributed by atoms with van der Waals surface area (Å²) in [6, 6.07) is 7.20. The van der Waals surface area contributed by atoms with Gasteiger partial charge < -0.3 is 0 Å². The predicted molar refractivity (Wildman–Crippen MR) is 106 cm³/mol. The van der Waals surface area contributed by atoms with Crippen molar-refractivity contribution in [2.75, 3.05) is 0 Å². The van der Waals surface area contributed by atoms with E-state index in [1.807, 2.05) is 12.1 Å². The molecule has 0 spiro atoms. The van der Waals surface area contributed by atoms with Gasteiger partial charge in [-0.05, 0) is 18.6 Å². The Balaban J connectivity index is 2.40. The normalized spacial score (nSPS) is 12.5. The molecule has 2 heterocycles. The van der Waals surface area contributed by atoms with Gasteiger partial charge in [0, 0.05) is 29.9 Å². The molecule has 6 nitrogen and oxygen atoms in total. The Labute approximate surface area is 159 Å². The molecule has 3 rings (SSSR count). The molecule has 0 aliphatic heterocycles. The number of halogens is 1. The number of hydrogen-bond acceptors (Lipinski definition) is 5. The van der Waals surface area contributed by atoms with Gasteiger partial charge in [-0.1, -0.05) is 37.6 Å². The van der Waals surface area contributed by atoms with Crippen molar-refractivity contribution in [3.05, 3.63) is 50.1 Å². The number of fused-ring (bicyclic) bond motifs is 1. The van der Waals surface area contributed by atoms with Crippen LogP contribution in [0.5, 0.6) is 0 Å². The summed E-state index contributed by atoms with van der Waals surface area (Å²) in [5.41, 5.74) is 0.261. The van der Waals surface area contributed by atoms with E-state index in [1.165, 1.54) is 23.4 Å². The Hall–Kier alpha value is -2.12. The third-order valence-corrected chi connectivity index (χ3v) is 5.73. The second-order valence-corrected chi connectivity index (χ2v) is 7.97. The fraction of sp³-hybridized carbons (Fsp3) is 0.333. The summed E-state index contributed by atoms with van der Waals surface area (Å²) >= 11 is 7.60. The molecular formula is C18H19ClN4O2S. The first-order valence-electron chi connectivity index (χ1n) is 8.23. The molecule has 0 amide bonds. The number of aryl methyl sites for hydroxylation is 1. The molecule has 2 aromatic heterocycles.